The number of epoxide rings is 2. The van der Waals surface area contributed by atoms with Crippen LogP contribution in [0.4, 0.5) is 0 Å². The zero-order valence-electron chi connectivity index (χ0n) is 17.3. The fourth-order valence-electron chi connectivity index (χ4n) is 4.38. The van der Waals surface area contributed by atoms with Crippen molar-refractivity contribution in [1.82, 2.24) is 0 Å². The number of carbonyl (C=O) groups excluding carboxylic acids is 1. The minimum Gasteiger partial charge on any atom is -0.459 e. The number of ether oxygens (including phenoxy) is 4. The van der Waals surface area contributed by atoms with E-state index in [0.717, 1.165) is 25.9 Å². The molecule has 0 aromatic heterocycles. The molecule has 3 fully saturated rings. The summed E-state index contributed by atoms with van der Waals surface area (Å²) in [6.45, 7) is 12.7. The van der Waals surface area contributed by atoms with Crippen LogP contribution in [0, 0.1) is 11.3 Å². The number of hydrogen-bond acceptors (Lipinski definition) is 5. The molecule has 0 bridgehead atoms. The van der Waals surface area contributed by atoms with Gasteiger partial charge in [0, 0.05) is 7.11 Å². The van der Waals surface area contributed by atoms with Crippen molar-refractivity contribution < 1.29 is 23.7 Å². The van der Waals surface area contributed by atoms with E-state index in [0.29, 0.717) is 0 Å². The first-order chi connectivity index (χ1) is 12.0. The van der Waals surface area contributed by atoms with Gasteiger partial charge in [-0.15, -0.1) is 0 Å². The Balaban J connectivity index is 1.78. The third-order valence-electron chi connectivity index (χ3n) is 6.11. The fraction of sp³-hybridized carbons (Fsp3) is 0.857. The first-order valence-corrected chi connectivity index (χ1v) is 9.72. The Morgan fingerprint density at radius 3 is 2.46 bits per heavy atom. The lowest BCUT2D eigenvalue weighted by Gasteiger charge is -2.43. The molecule has 3 aliphatic rings. The number of methoxy groups -OCH3 is 1. The van der Waals surface area contributed by atoms with E-state index in [-0.39, 0.29) is 41.4 Å². The third kappa shape index (κ3) is 3.58. The summed E-state index contributed by atoms with van der Waals surface area (Å²) >= 11 is 0. The van der Waals surface area contributed by atoms with Crippen LogP contribution < -0.4 is 0 Å². The predicted octanol–water partition coefficient (Wildman–Crippen LogP) is 3.65. The molecule has 2 saturated heterocycles. The van der Waals surface area contributed by atoms with Crippen LogP contribution in [0.15, 0.2) is 11.6 Å². The maximum Gasteiger partial charge on any atom is 0.311 e. The van der Waals surface area contributed by atoms with Gasteiger partial charge in [-0.3, -0.25) is 4.79 Å². The molecule has 2 aliphatic heterocycles. The molecule has 0 radical (unpaired) electrons. The molecule has 0 aromatic carbocycles. The van der Waals surface area contributed by atoms with Gasteiger partial charge in [-0.05, 0) is 60.8 Å². The van der Waals surface area contributed by atoms with Gasteiger partial charge in [0.05, 0.1) is 24.0 Å². The molecule has 5 heteroatoms. The van der Waals surface area contributed by atoms with Crippen LogP contribution >= 0.6 is 0 Å². The van der Waals surface area contributed by atoms with E-state index in [4.69, 9.17) is 18.9 Å². The van der Waals surface area contributed by atoms with Crippen molar-refractivity contribution in [3.05, 3.63) is 11.6 Å². The van der Waals surface area contributed by atoms with Crippen molar-refractivity contribution in [3.63, 3.8) is 0 Å². The summed E-state index contributed by atoms with van der Waals surface area (Å²) in [5.41, 5.74) is 0.296. The lowest BCUT2D eigenvalue weighted by atomic mass is 9.68. The second-order valence-electron chi connectivity index (χ2n) is 9.57. The maximum absolute atomic E-state index is 12.4. The molecule has 0 aromatic rings. The van der Waals surface area contributed by atoms with Crippen molar-refractivity contribution in [2.45, 2.75) is 90.3 Å². The zero-order chi connectivity index (χ0) is 19.3. The maximum atomic E-state index is 12.4. The quantitative estimate of drug-likeness (QED) is 0.422. The van der Waals surface area contributed by atoms with E-state index in [1.165, 1.54) is 5.57 Å². The predicted molar refractivity (Wildman–Crippen MR) is 98.9 cm³/mol. The molecule has 0 amide bonds. The molecule has 3 rings (SSSR count). The fourth-order valence-corrected chi connectivity index (χ4v) is 4.38. The van der Waals surface area contributed by atoms with Gasteiger partial charge in [0.15, 0.2) is 0 Å². The number of esters is 1. The minimum absolute atomic E-state index is 0.0714. The van der Waals surface area contributed by atoms with Gasteiger partial charge in [0.25, 0.3) is 0 Å². The monoisotopic (exact) mass is 366 g/mol. The minimum atomic E-state index is -0.523. The van der Waals surface area contributed by atoms with Crippen LogP contribution in [0.2, 0.25) is 0 Å². The second kappa shape index (κ2) is 6.61. The molecule has 1 saturated carbocycles. The Hall–Kier alpha value is -0.910. The zero-order valence-corrected chi connectivity index (χ0v) is 17.3. The lowest BCUT2D eigenvalue weighted by Crippen LogP contribution is -2.56. The van der Waals surface area contributed by atoms with Gasteiger partial charge >= 0.3 is 5.97 Å². The van der Waals surface area contributed by atoms with E-state index in [1.807, 2.05) is 20.8 Å². The summed E-state index contributed by atoms with van der Waals surface area (Å²) in [5.74, 6) is -0.110. The highest BCUT2D eigenvalue weighted by Crippen LogP contribution is 2.59. The van der Waals surface area contributed by atoms with E-state index < -0.39 is 5.41 Å². The largest absolute Gasteiger partial charge is 0.459 e. The third-order valence-corrected chi connectivity index (χ3v) is 6.11. The Bertz CT molecular complexity index is 582. The van der Waals surface area contributed by atoms with Crippen LogP contribution in [0.3, 0.4) is 0 Å². The van der Waals surface area contributed by atoms with Crippen LogP contribution in [-0.4, -0.2) is 49.2 Å². The Morgan fingerprint density at radius 1 is 1.31 bits per heavy atom. The van der Waals surface area contributed by atoms with Gasteiger partial charge in [0.1, 0.15) is 23.4 Å². The molecule has 1 aliphatic carbocycles. The van der Waals surface area contributed by atoms with E-state index in [9.17, 15) is 4.79 Å². The average Bonchev–Trinajstić information content (AvgIpc) is 3.44. The van der Waals surface area contributed by atoms with Crippen LogP contribution in [0.25, 0.3) is 0 Å². The van der Waals surface area contributed by atoms with Crippen molar-refractivity contribution >= 4 is 5.97 Å². The molecule has 0 unspecified atom stereocenters. The SMILES string of the molecule is CO[C@@H]1[C@H](OC(=O)C(C)(C)C)CC[C@]2(CO2)[C@H]1[C@@]1(C)O[C@@H]1CC=C(C)C. The van der Waals surface area contributed by atoms with Crippen molar-refractivity contribution in [3.8, 4) is 0 Å². The van der Waals surface area contributed by atoms with Gasteiger partial charge in [-0.25, -0.2) is 0 Å². The summed E-state index contributed by atoms with van der Waals surface area (Å²) in [7, 11) is 1.70. The van der Waals surface area contributed by atoms with Gasteiger partial charge in [-0.1, -0.05) is 11.6 Å². The molecule has 1 spiro atoms. The van der Waals surface area contributed by atoms with Gasteiger partial charge in [-0.2, -0.15) is 0 Å². The molecule has 0 N–H and O–H groups in total. The normalized spacial score (nSPS) is 41.7. The number of carbonyl (C=O) groups is 1. The molecule has 6 atom stereocenters. The lowest BCUT2D eigenvalue weighted by molar-refractivity contribution is -0.179. The molecular formula is C21H34O5. The van der Waals surface area contributed by atoms with E-state index >= 15 is 0 Å². The first kappa shape index (κ1) is 19.8. The highest BCUT2D eigenvalue weighted by Gasteiger charge is 2.72. The van der Waals surface area contributed by atoms with Crippen molar-refractivity contribution in [1.29, 1.82) is 0 Å². The smallest absolute Gasteiger partial charge is 0.311 e. The molecular weight excluding hydrogens is 332 g/mol. The van der Waals surface area contributed by atoms with Crippen LogP contribution in [0.1, 0.15) is 60.8 Å². The number of hydrogen-bond donors (Lipinski definition) is 0. The van der Waals surface area contributed by atoms with Crippen LogP contribution in [0.5, 0.6) is 0 Å². The molecule has 2 heterocycles. The highest BCUT2D eigenvalue weighted by atomic mass is 16.6. The molecule has 5 nitrogen and oxygen atoms in total. The number of allylic oxidation sites excluding steroid dienone is 1. The van der Waals surface area contributed by atoms with E-state index in [1.54, 1.807) is 7.11 Å². The topological polar surface area (TPSA) is 60.6 Å². The summed E-state index contributed by atoms with van der Waals surface area (Å²) < 4.78 is 23.9. The summed E-state index contributed by atoms with van der Waals surface area (Å²) in [5, 5.41) is 0. The summed E-state index contributed by atoms with van der Waals surface area (Å²) in [6.07, 6.45) is 4.47. The Labute approximate surface area is 157 Å². The Kier molecular flexibility index (Phi) is 5.04. The highest BCUT2D eigenvalue weighted by molar-refractivity contribution is 5.75. The average molecular weight is 366 g/mol. The van der Waals surface area contributed by atoms with Gasteiger partial charge in [0.2, 0.25) is 0 Å². The van der Waals surface area contributed by atoms with Crippen molar-refractivity contribution in [2.24, 2.45) is 11.3 Å². The van der Waals surface area contributed by atoms with Crippen LogP contribution in [-0.2, 0) is 23.7 Å². The Morgan fingerprint density at radius 2 is 1.96 bits per heavy atom. The standard InChI is InChI=1S/C21H34O5/c1-13(2)8-9-15-20(6,26-15)17-16(23-7)14(10-11-21(17)12-24-21)25-18(22)19(3,4)5/h8,14-17H,9-12H2,1-7H3/t14-,15-,16-,17-,20+,21+/m1/s1. The van der Waals surface area contributed by atoms with E-state index in [2.05, 4.69) is 26.8 Å². The first-order valence-electron chi connectivity index (χ1n) is 9.72. The summed E-state index contributed by atoms with van der Waals surface area (Å²) in [4.78, 5) is 12.4. The summed E-state index contributed by atoms with van der Waals surface area (Å²) in [6, 6.07) is 0. The second-order valence-corrected chi connectivity index (χ2v) is 9.57. The molecule has 148 valence electrons. The number of rotatable bonds is 5. The van der Waals surface area contributed by atoms with Gasteiger partial charge < -0.3 is 18.9 Å². The van der Waals surface area contributed by atoms with Crippen molar-refractivity contribution in [2.75, 3.05) is 13.7 Å². The molecule has 26 heavy (non-hydrogen) atoms.